The predicted octanol–water partition coefficient (Wildman–Crippen LogP) is 3.08. The average molecular weight is 291 g/mol. The number of anilines is 2. The Balaban J connectivity index is 1.99. The molecule has 0 bridgehead atoms. The van der Waals surface area contributed by atoms with Crippen LogP contribution in [0.4, 0.5) is 10.7 Å². The monoisotopic (exact) mass is 291 g/mol. The van der Waals surface area contributed by atoms with E-state index < -0.39 is 0 Å². The number of morpholine rings is 1. The third-order valence-electron chi connectivity index (χ3n) is 3.91. The first-order valence-electron chi connectivity index (χ1n) is 7.16. The van der Waals surface area contributed by atoms with Crippen molar-refractivity contribution in [2.45, 2.75) is 51.2 Å². The van der Waals surface area contributed by atoms with Crippen LogP contribution in [0.25, 0.3) is 0 Å². The molecule has 1 aliphatic carbocycles. The summed E-state index contributed by atoms with van der Waals surface area (Å²) in [5, 5.41) is 10.4. The number of ether oxygens (including phenoxy) is 1. The number of hydrogen-bond acceptors (Lipinski definition) is 5. The molecule has 1 saturated carbocycles. The normalized spacial score (nSPS) is 25.5. The van der Waals surface area contributed by atoms with Gasteiger partial charge in [-0.05, 0) is 39.5 Å². The maximum Gasteiger partial charge on any atom is 0.130 e. The van der Waals surface area contributed by atoms with Crippen LogP contribution in [0.1, 0.15) is 50.0 Å². The molecule has 1 unspecified atom stereocenters. The number of thiophene rings is 1. The van der Waals surface area contributed by atoms with Crippen molar-refractivity contribution < 1.29 is 4.74 Å². The fourth-order valence-corrected chi connectivity index (χ4v) is 4.25. The minimum Gasteiger partial charge on any atom is -0.397 e. The van der Waals surface area contributed by atoms with Crippen LogP contribution in [0.3, 0.4) is 0 Å². The Kier molecular flexibility index (Phi) is 3.19. The molecule has 1 aliphatic heterocycles. The minimum absolute atomic E-state index is 0.163. The minimum atomic E-state index is -0.163. The second kappa shape index (κ2) is 4.64. The number of nitrogen functional groups attached to an aromatic ring is 1. The third-order valence-corrected chi connectivity index (χ3v) is 5.09. The van der Waals surface area contributed by atoms with Crippen LogP contribution in [-0.2, 0) is 4.74 Å². The van der Waals surface area contributed by atoms with Crippen LogP contribution in [0.5, 0.6) is 0 Å². The van der Waals surface area contributed by atoms with E-state index in [4.69, 9.17) is 10.5 Å². The summed E-state index contributed by atoms with van der Waals surface area (Å²) in [7, 11) is 0. The lowest BCUT2D eigenvalue weighted by Crippen LogP contribution is -2.52. The molecule has 1 atom stereocenters. The second-order valence-corrected chi connectivity index (χ2v) is 7.52. The van der Waals surface area contributed by atoms with E-state index in [2.05, 4.69) is 31.7 Å². The summed E-state index contributed by atoms with van der Waals surface area (Å²) in [5.41, 5.74) is 7.97. The highest BCUT2D eigenvalue weighted by Gasteiger charge is 2.37. The molecule has 20 heavy (non-hydrogen) atoms. The van der Waals surface area contributed by atoms with Crippen molar-refractivity contribution in [2.24, 2.45) is 0 Å². The summed E-state index contributed by atoms with van der Waals surface area (Å²) in [5.74, 6) is 0.560. The molecular formula is C15H21N3OS. The van der Waals surface area contributed by atoms with Gasteiger partial charge in [-0.15, -0.1) is 11.3 Å². The molecule has 1 aromatic rings. The molecule has 0 radical (unpaired) electrons. The molecule has 1 aromatic heterocycles. The van der Waals surface area contributed by atoms with Crippen molar-refractivity contribution in [3.05, 3.63) is 10.4 Å². The molecule has 4 nitrogen and oxygen atoms in total. The van der Waals surface area contributed by atoms with Gasteiger partial charge in [0.05, 0.1) is 22.4 Å². The van der Waals surface area contributed by atoms with Gasteiger partial charge < -0.3 is 15.4 Å². The van der Waals surface area contributed by atoms with Gasteiger partial charge in [-0.2, -0.15) is 5.26 Å². The van der Waals surface area contributed by atoms with Gasteiger partial charge in [-0.25, -0.2) is 0 Å². The summed E-state index contributed by atoms with van der Waals surface area (Å²) in [4.78, 5) is 3.03. The van der Waals surface area contributed by atoms with Gasteiger partial charge in [-0.3, -0.25) is 0 Å². The number of nitrogens with zero attached hydrogens (tertiary/aromatic N) is 2. The van der Waals surface area contributed by atoms with E-state index in [-0.39, 0.29) is 11.7 Å². The molecule has 108 valence electrons. The molecule has 1 saturated heterocycles. The highest BCUT2D eigenvalue weighted by molar-refractivity contribution is 7.17. The SMILES string of the molecule is CC1CN(c2sc(C#N)c(N)c2C2CC2)CC(C)(C)O1. The van der Waals surface area contributed by atoms with E-state index in [1.807, 2.05) is 0 Å². The summed E-state index contributed by atoms with van der Waals surface area (Å²) in [6.45, 7) is 8.06. The van der Waals surface area contributed by atoms with E-state index in [1.54, 1.807) is 11.3 Å². The number of nitrogens with two attached hydrogens (primary N) is 1. The van der Waals surface area contributed by atoms with Crippen molar-refractivity contribution in [3.63, 3.8) is 0 Å². The van der Waals surface area contributed by atoms with E-state index in [0.717, 1.165) is 13.1 Å². The Bertz CT molecular complexity index is 568. The third kappa shape index (κ3) is 2.38. The van der Waals surface area contributed by atoms with Gasteiger partial charge in [0.1, 0.15) is 10.9 Å². The summed E-state index contributed by atoms with van der Waals surface area (Å²) < 4.78 is 5.97. The molecular weight excluding hydrogens is 270 g/mol. The molecule has 0 aromatic carbocycles. The van der Waals surface area contributed by atoms with Crippen LogP contribution in [0, 0.1) is 11.3 Å². The molecule has 0 amide bonds. The average Bonchev–Trinajstić information content (AvgIpc) is 3.11. The molecule has 2 fully saturated rings. The van der Waals surface area contributed by atoms with Gasteiger partial charge in [0, 0.05) is 18.7 Å². The molecule has 5 heteroatoms. The van der Waals surface area contributed by atoms with Crippen LogP contribution in [0.2, 0.25) is 0 Å². The highest BCUT2D eigenvalue weighted by atomic mass is 32.1. The second-order valence-electron chi connectivity index (χ2n) is 6.52. The Morgan fingerprint density at radius 2 is 2.15 bits per heavy atom. The first-order chi connectivity index (χ1) is 9.41. The highest BCUT2D eigenvalue weighted by Crippen LogP contribution is 2.52. The van der Waals surface area contributed by atoms with Crippen molar-refractivity contribution >= 4 is 22.0 Å². The zero-order chi connectivity index (χ0) is 14.5. The van der Waals surface area contributed by atoms with Crippen LogP contribution in [-0.4, -0.2) is 24.8 Å². The summed E-state index contributed by atoms with van der Waals surface area (Å²) >= 11 is 1.55. The largest absolute Gasteiger partial charge is 0.397 e. The van der Waals surface area contributed by atoms with Crippen LogP contribution < -0.4 is 10.6 Å². The first-order valence-corrected chi connectivity index (χ1v) is 7.98. The standard InChI is InChI=1S/C15H21N3OS/c1-9-7-18(8-15(2,3)19-9)14-12(10-4-5-10)13(17)11(6-16)20-14/h9-10H,4-5,7-8,17H2,1-3H3. The van der Waals surface area contributed by atoms with E-state index in [0.29, 0.717) is 16.5 Å². The fourth-order valence-electron chi connectivity index (χ4n) is 3.14. The number of rotatable bonds is 2. The van der Waals surface area contributed by atoms with Gasteiger partial charge in [-0.1, -0.05) is 0 Å². The Morgan fingerprint density at radius 3 is 2.70 bits per heavy atom. The van der Waals surface area contributed by atoms with Crippen LogP contribution >= 0.6 is 11.3 Å². The Morgan fingerprint density at radius 1 is 1.45 bits per heavy atom. The summed E-state index contributed by atoms with van der Waals surface area (Å²) in [6.07, 6.45) is 2.59. The van der Waals surface area contributed by atoms with Gasteiger partial charge in [0.25, 0.3) is 0 Å². The Labute approximate surface area is 124 Å². The van der Waals surface area contributed by atoms with E-state index >= 15 is 0 Å². The molecule has 2 aliphatic rings. The Hall–Kier alpha value is -1.25. The van der Waals surface area contributed by atoms with Crippen molar-refractivity contribution in [3.8, 4) is 6.07 Å². The maximum atomic E-state index is 9.25. The van der Waals surface area contributed by atoms with Gasteiger partial charge >= 0.3 is 0 Å². The molecule has 2 N–H and O–H groups in total. The lowest BCUT2D eigenvalue weighted by Gasteiger charge is -2.42. The molecule has 3 rings (SSSR count). The molecule has 2 heterocycles. The van der Waals surface area contributed by atoms with Gasteiger partial charge in [0.2, 0.25) is 0 Å². The smallest absolute Gasteiger partial charge is 0.130 e. The van der Waals surface area contributed by atoms with Crippen molar-refractivity contribution in [2.75, 3.05) is 23.7 Å². The maximum absolute atomic E-state index is 9.25. The quantitative estimate of drug-likeness (QED) is 0.909. The predicted molar refractivity (Wildman–Crippen MR) is 82.3 cm³/mol. The summed E-state index contributed by atoms with van der Waals surface area (Å²) in [6, 6.07) is 2.25. The van der Waals surface area contributed by atoms with Gasteiger partial charge in [0.15, 0.2) is 0 Å². The number of hydrogen-bond donors (Lipinski definition) is 1. The van der Waals surface area contributed by atoms with Crippen molar-refractivity contribution in [1.29, 1.82) is 5.26 Å². The van der Waals surface area contributed by atoms with E-state index in [1.165, 1.54) is 23.4 Å². The van der Waals surface area contributed by atoms with Crippen LogP contribution in [0.15, 0.2) is 0 Å². The zero-order valence-corrected chi connectivity index (χ0v) is 13.1. The fraction of sp³-hybridized carbons (Fsp3) is 0.667. The van der Waals surface area contributed by atoms with Crippen molar-refractivity contribution in [1.82, 2.24) is 0 Å². The number of nitriles is 1. The zero-order valence-electron chi connectivity index (χ0n) is 12.3. The van der Waals surface area contributed by atoms with E-state index in [9.17, 15) is 5.26 Å². The molecule has 0 spiro atoms. The lowest BCUT2D eigenvalue weighted by atomic mass is 10.0. The first kappa shape index (κ1) is 13.7. The topological polar surface area (TPSA) is 62.3 Å². The lowest BCUT2D eigenvalue weighted by molar-refractivity contribution is -0.0748.